The Bertz CT molecular complexity index is 710. The monoisotopic (exact) mass is 332 g/mol. The number of urea groups is 1. The van der Waals surface area contributed by atoms with E-state index in [4.69, 9.17) is 0 Å². The topological polar surface area (TPSA) is 105 Å². The van der Waals surface area contributed by atoms with Crippen LogP contribution in [0.3, 0.4) is 0 Å². The number of carbonyl (C=O) groups is 2. The molecule has 1 heterocycles. The van der Waals surface area contributed by atoms with Gasteiger partial charge in [-0.05, 0) is 26.3 Å². The van der Waals surface area contributed by atoms with Gasteiger partial charge in [0, 0.05) is 30.9 Å². The number of likely N-dealkylation sites (N-methyl/N-ethyl adjacent to an activating group) is 1. The summed E-state index contributed by atoms with van der Waals surface area (Å²) in [6, 6.07) is 4.77. The van der Waals surface area contributed by atoms with E-state index < -0.39 is 17.0 Å². The lowest BCUT2D eigenvalue weighted by molar-refractivity contribution is -0.384. The number of benzene rings is 1. The molecule has 3 amide bonds. The van der Waals surface area contributed by atoms with Crippen molar-refractivity contribution in [2.45, 2.75) is 26.8 Å². The quantitative estimate of drug-likeness (QED) is 0.636. The molecule has 0 radical (unpaired) electrons. The fourth-order valence-corrected chi connectivity index (χ4v) is 2.73. The minimum Gasteiger partial charge on any atom is -0.339 e. The van der Waals surface area contributed by atoms with E-state index in [0.29, 0.717) is 29.9 Å². The van der Waals surface area contributed by atoms with Gasteiger partial charge < -0.3 is 15.5 Å². The first kappa shape index (κ1) is 17.5. The summed E-state index contributed by atoms with van der Waals surface area (Å²) in [5.74, 6) is -0.207. The van der Waals surface area contributed by atoms with Gasteiger partial charge >= 0.3 is 6.03 Å². The van der Waals surface area contributed by atoms with Gasteiger partial charge in [0.15, 0.2) is 0 Å². The number of carbonyl (C=O) groups excluding carboxylic acids is 2. The molecular formula is C16H20N4O4. The van der Waals surface area contributed by atoms with Crippen LogP contribution in [0.2, 0.25) is 0 Å². The lowest BCUT2D eigenvalue weighted by atomic mass is 9.94. The predicted molar refractivity (Wildman–Crippen MR) is 88.1 cm³/mol. The lowest BCUT2D eigenvalue weighted by Gasteiger charge is -2.31. The normalized spacial score (nSPS) is 17.1. The minimum absolute atomic E-state index is 0.0902. The molecule has 0 saturated carbocycles. The second-order valence-corrected chi connectivity index (χ2v) is 5.40. The maximum Gasteiger partial charge on any atom is 0.319 e. The molecule has 8 heteroatoms. The second kappa shape index (κ2) is 7.12. The molecule has 128 valence electrons. The Morgan fingerprint density at radius 2 is 2.00 bits per heavy atom. The zero-order valence-electron chi connectivity index (χ0n) is 13.8. The van der Waals surface area contributed by atoms with Gasteiger partial charge in [0.1, 0.15) is 0 Å². The average Bonchev–Trinajstić information content (AvgIpc) is 2.55. The Balaban J connectivity index is 2.51. The Kier molecular flexibility index (Phi) is 5.18. The van der Waals surface area contributed by atoms with E-state index in [2.05, 4.69) is 10.6 Å². The number of hydrogen-bond donors (Lipinski definition) is 2. The first-order valence-electron chi connectivity index (χ1n) is 7.70. The summed E-state index contributed by atoms with van der Waals surface area (Å²) in [5, 5.41) is 16.3. The highest BCUT2D eigenvalue weighted by atomic mass is 16.6. The number of allylic oxidation sites excluding steroid dienone is 1. The molecule has 0 fully saturated rings. The van der Waals surface area contributed by atoms with Crippen molar-refractivity contribution < 1.29 is 14.5 Å². The molecule has 0 aliphatic carbocycles. The molecule has 0 unspecified atom stereocenters. The van der Waals surface area contributed by atoms with Crippen molar-refractivity contribution in [3.8, 4) is 0 Å². The number of nitro groups is 1. The van der Waals surface area contributed by atoms with E-state index >= 15 is 0 Å². The van der Waals surface area contributed by atoms with Gasteiger partial charge in [0.05, 0.1) is 16.5 Å². The van der Waals surface area contributed by atoms with Crippen LogP contribution in [0.5, 0.6) is 0 Å². The predicted octanol–water partition coefficient (Wildman–Crippen LogP) is 2.09. The van der Waals surface area contributed by atoms with Crippen LogP contribution in [0.15, 0.2) is 35.5 Å². The van der Waals surface area contributed by atoms with Crippen LogP contribution in [0.25, 0.3) is 0 Å². The maximum atomic E-state index is 12.8. The number of amides is 3. The molecule has 1 aromatic rings. The molecule has 2 rings (SSSR count). The molecule has 2 N–H and O–H groups in total. The van der Waals surface area contributed by atoms with E-state index in [9.17, 15) is 19.7 Å². The molecule has 8 nitrogen and oxygen atoms in total. The molecule has 1 aliphatic heterocycles. The number of non-ortho nitro benzene ring substituents is 1. The van der Waals surface area contributed by atoms with Crippen molar-refractivity contribution in [3.05, 3.63) is 51.2 Å². The molecule has 0 spiro atoms. The van der Waals surface area contributed by atoms with Crippen molar-refractivity contribution in [1.82, 2.24) is 15.5 Å². The van der Waals surface area contributed by atoms with Gasteiger partial charge in [-0.2, -0.15) is 0 Å². The highest BCUT2D eigenvalue weighted by Crippen LogP contribution is 2.30. The first-order valence-corrected chi connectivity index (χ1v) is 7.70. The van der Waals surface area contributed by atoms with Gasteiger partial charge in [-0.25, -0.2) is 4.79 Å². The van der Waals surface area contributed by atoms with Crippen LogP contribution in [0.1, 0.15) is 32.4 Å². The molecule has 1 atom stereocenters. The fraction of sp³-hybridized carbons (Fsp3) is 0.375. The standard InChI is InChI=1S/C16H20N4O4/c1-4-19(5-2)15(21)13-10(3)17-16(22)18-14(13)11-7-6-8-12(9-11)20(23)24/h6-9,14H,4-5H2,1-3H3,(H2,17,18,22)/t14-/m1/s1. The lowest BCUT2D eigenvalue weighted by Crippen LogP contribution is -2.47. The van der Waals surface area contributed by atoms with Gasteiger partial charge in [-0.1, -0.05) is 12.1 Å². The third-order valence-corrected chi connectivity index (χ3v) is 3.96. The van der Waals surface area contributed by atoms with Gasteiger partial charge in [0.25, 0.3) is 11.6 Å². The Hall–Kier alpha value is -2.90. The number of nitrogens with zero attached hydrogens (tertiary/aromatic N) is 2. The third kappa shape index (κ3) is 3.37. The van der Waals surface area contributed by atoms with Crippen molar-refractivity contribution in [3.63, 3.8) is 0 Å². The molecule has 1 aliphatic rings. The van der Waals surface area contributed by atoms with E-state index in [1.165, 1.54) is 18.2 Å². The second-order valence-electron chi connectivity index (χ2n) is 5.40. The molecule has 24 heavy (non-hydrogen) atoms. The van der Waals surface area contributed by atoms with Crippen LogP contribution in [0, 0.1) is 10.1 Å². The Morgan fingerprint density at radius 3 is 2.58 bits per heavy atom. The summed E-state index contributed by atoms with van der Waals surface area (Å²) in [6.45, 7) is 6.45. The van der Waals surface area contributed by atoms with Crippen LogP contribution in [-0.2, 0) is 4.79 Å². The largest absolute Gasteiger partial charge is 0.339 e. The van der Waals surface area contributed by atoms with Crippen molar-refractivity contribution in [1.29, 1.82) is 0 Å². The van der Waals surface area contributed by atoms with E-state index in [1.54, 1.807) is 17.9 Å². The third-order valence-electron chi connectivity index (χ3n) is 3.96. The van der Waals surface area contributed by atoms with Crippen molar-refractivity contribution in [2.75, 3.05) is 13.1 Å². The number of nitro benzene ring substituents is 1. The fourth-order valence-electron chi connectivity index (χ4n) is 2.73. The van der Waals surface area contributed by atoms with E-state index in [0.717, 1.165) is 0 Å². The van der Waals surface area contributed by atoms with Gasteiger partial charge in [-0.15, -0.1) is 0 Å². The van der Waals surface area contributed by atoms with Crippen molar-refractivity contribution >= 4 is 17.6 Å². The molecule has 0 saturated heterocycles. The van der Waals surface area contributed by atoms with Gasteiger partial charge in [0.2, 0.25) is 0 Å². The zero-order valence-corrected chi connectivity index (χ0v) is 13.8. The summed E-state index contributed by atoms with van der Waals surface area (Å²) < 4.78 is 0. The summed E-state index contributed by atoms with van der Waals surface area (Å²) in [5.41, 5.74) is 1.24. The molecular weight excluding hydrogens is 312 g/mol. The van der Waals surface area contributed by atoms with Gasteiger partial charge in [-0.3, -0.25) is 14.9 Å². The highest BCUT2D eigenvalue weighted by molar-refractivity contribution is 5.98. The maximum absolute atomic E-state index is 12.8. The highest BCUT2D eigenvalue weighted by Gasteiger charge is 2.33. The Labute approximate surface area is 139 Å². The van der Waals surface area contributed by atoms with Crippen LogP contribution in [0.4, 0.5) is 10.5 Å². The Morgan fingerprint density at radius 1 is 1.33 bits per heavy atom. The van der Waals surface area contributed by atoms with E-state index in [1.807, 2.05) is 13.8 Å². The van der Waals surface area contributed by atoms with Crippen LogP contribution in [-0.4, -0.2) is 34.9 Å². The minimum atomic E-state index is -0.730. The van der Waals surface area contributed by atoms with Crippen molar-refractivity contribution in [2.24, 2.45) is 0 Å². The summed E-state index contributed by atoms with van der Waals surface area (Å²) in [7, 11) is 0. The molecule has 0 aromatic heterocycles. The SMILES string of the molecule is CCN(CC)C(=O)C1=C(C)NC(=O)N[C@@H]1c1cccc([N+](=O)[O-])c1. The van der Waals surface area contributed by atoms with Crippen LogP contribution < -0.4 is 10.6 Å². The summed E-state index contributed by atoms with van der Waals surface area (Å²) in [6.07, 6.45) is 0. The number of nitrogens with one attached hydrogen (secondary N) is 2. The first-order chi connectivity index (χ1) is 11.4. The molecule has 1 aromatic carbocycles. The average molecular weight is 332 g/mol. The number of rotatable bonds is 5. The molecule has 0 bridgehead atoms. The summed E-state index contributed by atoms with van der Waals surface area (Å²) in [4.78, 5) is 36.8. The summed E-state index contributed by atoms with van der Waals surface area (Å²) >= 11 is 0. The van der Waals surface area contributed by atoms with E-state index in [-0.39, 0.29) is 11.6 Å². The van der Waals surface area contributed by atoms with Crippen LogP contribution >= 0.6 is 0 Å². The number of hydrogen-bond acceptors (Lipinski definition) is 4. The smallest absolute Gasteiger partial charge is 0.319 e. The zero-order chi connectivity index (χ0) is 17.9.